The van der Waals surface area contributed by atoms with Gasteiger partial charge in [0.25, 0.3) is 0 Å². The van der Waals surface area contributed by atoms with Crippen molar-refractivity contribution in [3.05, 3.63) is 55.0 Å². The van der Waals surface area contributed by atoms with Crippen molar-refractivity contribution in [2.45, 2.75) is 0 Å². The topological polar surface area (TPSA) is 93.0 Å². The van der Waals surface area contributed by atoms with Crippen LogP contribution in [0, 0.1) is 0 Å². The third-order valence-electron chi connectivity index (χ3n) is 2.89. The fourth-order valence-electron chi connectivity index (χ4n) is 1.95. The fourth-order valence-corrected chi connectivity index (χ4v) is 1.95. The SMILES string of the molecule is NC=O.c1cncc(OCCNc2ccc3cc[nH]c3c2)c1. The number of amides is 1. The summed E-state index contributed by atoms with van der Waals surface area (Å²) in [5.74, 6) is 0.795. The third kappa shape index (κ3) is 4.52. The Kier molecular flexibility index (Phi) is 5.80. The van der Waals surface area contributed by atoms with Crippen LogP contribution in [-0.2, 0) is 4.79 Å². The highest BCUT2D eigenvalue weighted by Crippen LogP contribution is 2.17. The van der Waals surface area contributed by atoms with Gasteiger partial charge in [0.15, 0.2) is 0 Å². The maximum atomic E-state index is 8.58. The van der Waals surface area contributed by atoms with Gasteiger partial charge < -0.3 is 20.8 Å². The number of aromatic amines is 1. The summed E-state index contributed by atoms with van der Waals surface area (Å²) in [5.41, 5.74) is 6.39. The number of hydrogen-bond donors (Lipinski definition) is 3. The van der Waals surface area contributed by atoms with E-state index in [1.165, 1.54) is 5.39 Å². The molecule has 1 aromatic carbocycles. The Morgan fingerprint density at radius 3 is 2.95 bits per heavy atom. The first kappa shape index (κ1) is 15.4. The van der Waals surface area contributed by atoms with Gasteiger partial charge in [-0.15, -0.1) is 0 Å². The fraction of sp³-hybridized carbons (Fsp3) is 0.125. The van der Waals surface area contributed by atoms with Crippen molar-refractivity contribution >= 4 is 23.0 Å². The molecular formula is C16H18N4O2. The highest BCUT2D eigenvalue weighted by molar-refractivity contribution is 5.82. The molecule has 0 aliphatic rings. The standard InChI is InChI=1S/C15H15N3O.CH3NO/c1-2-14(11-16-6-1)19-9-8-17-13-4-3-12-5-7-18-15(12)10-13;2-1-3/h1-7,10-11,17-18H,8-9H2;1H,(H2,2,3). The van der Waals surface area contributed by atoms with Gasteiger partial charge in [0, 0.05) is 30.1 Å². The second-order valence-corrected chi connectivity index (χ2v) is 4.38. The lowest BCUT2D eigenvalue weighted by Gasteiger charge is -2.08. The van der Waals surface area contributed by atoms with Crippen LogP contribution >= 0.6 is 0 Å². The Hall–Kier alpha value is -3.02. The Balaban J connectivity index is 0.000000545. The number of nitrogens with zero attached hydrogens (tertiary/aromatic N) is 1. The van der Waals surface area contributed by atoms with Gasteiger partial charge in [-0.2, -0.15) is 0 Å². The number of rotatable bonds is 5. The number of H-pyrrole nitrogens is 1. The van der Waals surface area contributed by atoms with E-state index in [-0.39, 0.29) is 6.41 Å². The number of carbonyl (C=O) groups is 1. The zero-order valence-corrected chi connectivity index (χ0v) is 12.0. The predicted molar refractivity (Wildman–Crippen MR) is 86.8 cm³/mol. The summed E-state index contributed by atoms with van der Waals surface area (Å²) in [6, 6.07) is 12.1. The third-order valence-corrected chi connectivity index (χ3v) is 2.89. The van der Waals surface area contributed by atoms with Gasteiger partial charge >= 0.3 is 0 Å². The molecule has 0 radical (unpaired) electrons. The smallest absolute Gasteiger partial charge is 0.204 e. The average molecular weight is 298 g/mol. The van der Waals surface area contributed by atoms with E-state index < -0.39 is 0 Å². The van der Waals surface area contributed by atoms with Crippen molar-refractivity contribution in [2.75, 3.05) is 18.5 Å². The zero-order valence-electron chi connectivity index (χ0n) is 12.0. The van der Waals surface area contributed by atoms with Crippen molar-refractivity contribution in [1.82, 2.24) is 9.97 Å². The molecule has 2 aromatic heterocycles. The summed E-state index contributed by atoms with van der Waals surface area (Å²) in [6.45, 7) is 1.36. The van der Waals surface area contributed by atoms with Crippen LogP contribution in [0.3, 0.4) is 0 Å². The van der Waals surface area contributed by atoms with Crippen LogP contribution < -0.4 is 15.8 Å². The summed E-state index contributed by atoms with van der Waals surface area (Å²) in [6.07, 6.45) is 5.64. The monoisotopic (exact) mass is 298 g/mol. The molecule has 0 bridgehead atoms. The molecule has 6 heteroatoms. The Morgan fingerprint density at radius 1 is 1.32 bits per heavy atom. The van der Waals surface area contributed by atoms with E-state index in [1.807, 2.05) is 18.3 Å². The summed E-state index contributed by atoms with van der Waals surface area (Å²) in [5, 5.41) is 4.55. The number of nitrogens with two attached hydrogens (primary N) is 1. The molecule has 6 nitrogen and oxygen atoms in total. The molecule has 0 aliphatic carbocycles. The number of hydrogen-bond acceptors (Lipinski definition) is 4. The molecule has 0 saturated carbocycles. The highest BCUT2D eigenvalue weighted by Gasteiger charge is 1.97. The molecule has 1 amide bonds. The molecule has 3 aromatic rings. The summed E-state index contributed by atoms with van der Waals surface area (Å²) in [7, 11) is 0. The normalized spacial score (nSPS) is 9.64. The van der Waals surface area contributed by atoms with Crippen LogP contribution in [0.2, 0.25) is 0 Å². The number of benzene rings is 1. The molecule has 3 rings (SSSR count). The molecule has 114 valence electrons. The lowest BCUT2D eigenvalue weighted by Crippen LogP contribution is -2.11. The quantitative estimate of drug-likeness (QED) is 0.497. The van der Waals surface area contributed by atoms with E-state index in [0.717, 1.165) is 23.5 Å². The number of anilines is 1. The van der Waals surface area contributed by atoms with Gasteiger partial charge in [0.2, 0.25) is 6.41 Å². The molecule has 4 N–H and O–H groups in total. The zero-order chi connectivity index (χ0) is 15.6. The van der Waals surface area contributed by atoms with Gasteiger partial charge in [0.05, 0.1) is 6.20 Å². The number of nitrogens with one attached hydrogen (secondary N) is 2. The minimum absolute atomic E-state index is 0.250. The van der Waals surface area contributed by atoms with E-state index in [1.54, 1.807) is 12.4 Å². The predicted octanol–water partition coefficient (Wildman–Crippen LogP) is 2.16. The molecule has 0 spiro atoms. The second kappa shape index (κ2) is 8.31. The number of aromatic nitrogens is 2. The van der Waals surface area contributed by atoms with Crippen molar-refractivity contribution in [1.29, 1.82) is 0 Å². The molecule has 2 heterocycles. The number of primary amides is 1. The van der Waals surface area contributed by atoms with Gasteiger partial charge in [-0.3, -0.25) is 9.78 Å². The van der Waals surface area contributed by atoms with Crippen molar-refractivity contribution in [3.8, 4) is 5.75 Å². The van der Waals surface area contributed by atoms with Crippen LogP contribution in [0.15, 0.2) is 55.0 Å². The van der Waals surface area contributed by atoms with Gasteiger partial charge in [-0.1, -0.05) is 6.07 Å². The Bertz CT molecular complexity index is 697. The van der Waals surface area contributed by atoms with E-state index in [0.29, 0.717) is 6.61 Å². The molecule has 0 unspecified atom stereocenters. The van der Waals surface area contributed by atoms with E-state index in [2.05, 4.69) is 45.3 Å². The van der Waals surface area contributed by atoms with Crippen molar-refractivity contribution < 1.29 is 9.53 Å². The highest BCUT2D eigenvalue weighted by atomic mass is 16.5. The number of ether oxygens (including phenoxy) is 1. The lowest BCUT2D eigenvalue weighted by atomic mass is 10.2. The molecular weight excluding hydrogens is 280 g/mol. The van der Waals surface area contributed by atoms with E-state index in [4.69, 9.17) is 9.53 Å². The number of fused-ring (bicyclic) bond motifs is 1. The average Bonchev–Trinajstić information content (AvgIpc) is 3.01. The molecule has 22 heavy (non-hydrogen) atoms. The largest absolute Gasteiger partial charge is 0.490 e. The minimum Gasteiger partial charge on any atom is -0.490 e. The minimum atomic E-state index is 0.250. The second-order valence-electron chi connectivity index (χ2n) is 4.38. The van der Waals surface area contributed by atoms with E-state index in [9.17, 15) is 0 Å². The van der Waals surface area contributed by atoms with E-state index >= 15 is 0 Å². The summed E-state index contributed by atoms with van der Waals surface area (Å²) in [4.78, 5) is 15.8. The first-order valence-electron chi connectivity index (χ1n) is 6.82. The Labute approximate surface area is 128 Å². The maximum absolute atomic E-state index is 8.58. The first-order chi connectivity index (χ1) is 10.8. The lowest BCUT2D eigenvalue weighted by molar-refractivity contribution is -0.106. The van der Waals surface area contributed by atoms with Gasteiger partial charge in [-0.25, -0.2) is 0 Å². The van der Waals surface area contributed by atoms with Crippen LogP contribution in [0.25, 0.3) is 10.9 Å². The summed E-state index contributed by atoms with van der Waals surface area (Å²) < 4.78 is 5.57. The van der Waals surface area contributed by atoms with Crippen LogP contribution in [0.4, 0.5) is 5.69 Å². The summed E-state index contributed by atoms with van der Waals surface area (Å²) >= 11 is 0. The first-order valence-corrected chi connectivity index (χ1v) is 6.82. The van der Waals surface area contributed by atoms with Crippen molar-refractivity contribution in [2.24, 2.45) is 5.73 Å². The molecule has 0 saturated heterocycles. The molecule has 0 fully saturated rings. The number of pyridine rings is 1. The molecule has 0 atom stereocenters. The van der Waals surface area contributed by atoms with Crippen LogP contribution in [0.1, 0.15) is 0 Å². The van der Waals surface area contributed by atoms with Crippen LogP contribution in [-0.4, -0.2) is 29.5 Å². The number of carbonyl (C=O) groups excluding carboxylic acids is 1. The van der Waals surface area contributed by atoms with Gasteiger partial charge in [-0.05, 0) is 35.7 Å². The molecule has 0 aliphatic heterocycles. The maximum Gasteiger partial charge on any atom is 0.204 e. The Morgan fingerprint density at radius 2 is 2.18 bits per heavy atom. The van der Waals surface area contributed by atoms with Crippen molar-refractivity contribution in [3.63, 3.8) is 0 Å². The van der Waals surface area contributed by atoms with Crippen LogP contribution in [0.5, 0.6) is 5.75 Å². The van der Waals surface area contributed by atoms with Gasteiger partial charge in [0.1, 0.15) is 12.4 Å².